The molecule has 0 saturated carbocycles. The average Bonchev–Trinajstić information content (AvgIpc) is 2.46. The molecule has 20 heavy (non-hydrogen) atoms. The molecule has 0 heterocycles. The van der Waals surface area contributed by atoms with Gasteiger partial charge in [-0.3, -0.25) is 0 Å². The third-order valence-electron chi connectivity index (χ3n) is 3.29. The fourth-order valence-electron chi connectivity index (χ4n) is 2.11. The lowest BCUT2D eigenvalue weighted by molar-refractivity contribution is 0.170. The highest BCUT2D eigenvalue weighted by atomic mass is 35.5. The summed E-state index contributed by atoms with van der Waals surface area (Å²) in [5, 5.41) is 0. The van der Waals surface area contributed by atoms with Crippen LogP contribution in [0.25, 0.3) is 6.08 Å². The Kier molecular flexibility index (Phi) is 8.81. The van der Waals surface area contributed by atoms with E-state index in [1.165, 1.54) is 36.8 Å². The summed E-state index contributed by atoms with van der Waals surface area (Å²) in [6.45, 7) is 4.19. The Balaban J connectivity index is 1.96. The smallest absolute Gasteiger partial charge is 0.403 e. The molecular formula is C17H23ClO2. The van der Waals surface area contributed by atoms with Crippen LogP contribution in [0.4, 0.5) is 4.79 Å². The van der Waals surface area contributed by atoms with Gasteiger partial charge in [-0.25, -0.2) is 4.79 Å². The van der Waals surface area contributed by atoms with E-state index in [1.54, 1.807) is 0 Å². The third kappa shape index (κ3) is 8.00. The van der Waals surface area contributed by atoms with E-state index in [-0.39, 0.29) is 0 Å². The van der Waals surface area contributed by atoms with Crippen molar-refractivity contribution >= 4 is 23.1 Å². The number of halogens is 1. The van der Waals surface area contributed by atoms with Crippen molar-refractivity contribution in [1.29, 1.82) is 0 Å². The van der Waals surface area contributed by atoms with Gasteiger partial charge in [0, 0.05) is 11.6 Å². The summed E-state index contributed by atoms with van der Waals surface area (Å²) in [6, 6.07) is 8.58. The summed E-state index contributed by atoms with van der Waals surface area (Å²) < 4.78 is 4.67. The van der Waals surface area contributed by atoms with Gasteiger partial charge in [0.1, 0.15) is 0 Å². The summed E-state index contributed by atoms with van der Waals surface area (Å²) >= 11 is 5.07. The van der Waals surface area contributed by atoms with Crippen LogP contribution in [-0.2, 0) is 11.2 Å². The van der Waals surface area contributed by atoms with E-state index < -0.39 is 5.43 Å². The lowest BCUT2D eigenvalue weighted by Crippen LogP contribution is -1.96. The number of carbonyl (C=O) groups is 1. The quantitative estimate of drug-likeness (QED) is 0.415. The molecule has 2 nitrogen and oxygen atoms in total. The van der Waals surface area contributed by atoms with Gasteiger partial charge in [-0.1, -0.05) is 62.6 Å². The molecule has 0 aromatic heterocycles. The van der Waals surface area contributed by atoms with Crippen LogP contribution in [0.5, 0.6) is 0 Å². The fourth-order valence-corrected chi connectivity index (χ4v) is 2.19. The Hall–Kier alpha value is -1.28. The molecule has 0 aliphatic rings. The van der Waals surface area contributed by atoms with Crippen molar-refractivity contribution in [3.8, 4) is 0 Å². The van der Waals surface area contributed by atoms with Crippen LogP contribution in [-0.4, -0.2) is 12.0 Å². The second-order valence-electron chi connectivity index (χ2n) is 4.90. The molecule has 3 heteroatoms. The Morgan fingerprint density at radius 3 is 2.25 bits per heavy atom. The van der Waals surface area contributed by atoms with Crippen LogP contribution < -0.4 is 0 Å². The minimum Gasteiger partial charge on any atom is -0.454 e. The molecular weight excluding hydrogens is 272 g/mol. The number of ether oxygens (including phenoxy) is 1. The van der Waals surface area contributed by atoms with Crippen molar-refractivity contribution < 1.29 is 9.53 Å². The first-order valence-electron chi connectivity index (χ1n) is 7.26. The normalized spacial score (nSPS) is 10.2. The highest BCUT2D eigenvalue weighted by Gasteiger charge is 1.97. The standard InChI is InChI=1S/C17H23ClO2/c1-2-15-10-12-16(13-11-15)9-7-5-3-4-6-8-14-20-17(18)19/h2,10-13H,1,3-9,14H2. The van der Waals surface area contributed by atoms with Gasteiger partial charge in [-0.05, 0) is 30.4 Å². The monoisotopic (exact) mass is 294 g/mol. The van der Waals surface area contributed by atoms with Gasteiger partial charge in [-0.2, -0.15) is 0 Å². The number of rotatable bonds is 10. The highest BCUT2D eigenvalue weighted by molar-refractivity contribution is 6.61. The zero-order valence-electron chi connectivity index (χ0n) is 11.9. The fraction of sp³-hybridized carbons (Fsp3) is 0.471. The van der Waals surface area contributed by atoms with Crippen molar-refractivity contribution in [3.63, 3.8) is 0 Å². The maximum Gasteiger partial charge on any atom is 0.403 e. The Bertz CT molecular complexity index is 398. The Labute approximate surface area is 126 Å². The molecule has 0 bridgehead atoms. The Morgan fingerprint density at radius 2 is 1.65 bits per heavy atom. The number of aryl methyl sites for hydroxylation is 1. The topological polar surface area (TPSA) is 26.3 Å². The molecule has 0 fully saturated rings. The molecule has 0 saturated heterocycles. The molecule has 0 aliphatic heterocycles. The molecule has 0 aliphatic carbocycles. The van der Waals surface area contributed by atoms with Gasteiger partial charge in [0.05, 0.1) is 6.61 Å². The number of unbranched alkanes of at least 4 members (excludes halogenated alkanes) is 5. The second kappa shape index (κ2) is 10.5. The third-order valence-corrected chi connectivity index (χ3v) is 3.40. The van der Waals surface area contributed by atoms with Crippen LogP contribution in [0.3, 0.4) is 0 Å². The van der Waals surface area contributed by atoms with Crippen LogP contribution in [0.15, 0.2) is 30.8 Å². The second-order valence-corrected chi connectivity index (χ2v) is 5.21. The summed E-state index contributed by atoms with van der Waals surface area (Å²) in [6.07, 6.45) is 9.91. The molecule has 1 aromatic carbocycles. The van der Waals surface area contributed by atoms with Gasteiger partial charge >= 0.3 is 5.43 Å². The predicted octanol–water partition coefficient (Wildman–Crippen LogP) is 5.59. The molecule has 1 rings (SSSR count). The zero-order chi connectivity index (χ0) is 14.6. The van der Waals surface area contributed by atoms with Crippen LogP contribution in [0, 0.1) is 0 Å². The lowest BCUT2D eigenvalue weighted by atomic mass is 10.0. The largest absolute Gasteiger partial charge is 0.454 e. The van der Waals surface area contributed by atoms with E-state index in [2.05, 4.69) is 35.6 Å². The van der Waals surface area contributed by atoms with E-state index in [9.17, 15) is 4.79 Å². The van der Waals surface area contributed by atoms with Crippen molar-refractivity contribution in [3.05, 3.63) is 42.0 Å². The molecule has 0 unspecified atom stereocenters. The van der Waals surface area contributed by atoms with E-state index >= 15 is 0 Å². The number of hydrogen-bond acceptors (Lipinski definition) is 2. The first-order valence-corrected chi connectivity index (χ1v) is 7.64. The number of carbonyl (C=O) groups excluding carboxylic acids is 1. The first-order chi connectivity index (χ1) is 9.72. The van der Waals surface area contributed by atoms with Crippen molar-refractivity contribution in [1.82, 2.24) is 0 Å². The van der Waals surface area contributed by atoms with E-state index in [1.807, 2.05) is 6.08 Å². The van der Waals surface area contributed by atoms with Crippen molar-refractivity contribution in [2.75, 3.05) is 6.61 Å². The van der Waals surface area contributed by atoms with Crippen LogP contribution in [0.2, 0.25) is 0 Å². The van der Waals surface area contributed by atoms with Gasteiger partial charge in [0.15, 0.2) is 0 Å². The molecule has 0 radical (unpaired) electrons. The number of benzene rings is 1. The highest BCUT2D eigenvalue weighted by Crippen LogP contribution is 2.11. The molecule has 1 aromatic rings. The zero-order valence-corrected chi connectivity index (χ0v) is 12.7. The minimum atomic E-state index is -0.701. The molecule has 110 valence electrons. The van der Waals surface area contributed by atoms with Gasteiger partial charge < -0.3 is 4.74 Å². The van der Waals surface area contributed by atoms with Crippen molar-refractivity contribution in [2.24, 2.45) is 0 Å². The predicted molar refractivity (Wildman–Crippen MR) is 85.1 cm³/mol. The molecule has 0 atom stereocenters. The van der Waals surface area contributed by atoms with Gasteiger partial charge in [-0.15, -0.1) is 0 Å². The lowest BCUT2D eigenvalue weighted by Gasteiger charge is -2.03. The Morgan fingerprint density at radius 1 is 1.05 bits per heavy atom. The first kappa shape index (κ1) is 16.8. The molecule has 0 N–H and O–H groups in total. The summed E-state index contributed by atoms with van der Waals surface area (Å²) in [5.41, 5.74) is 1.86. The number of hydrogen-bond donors (Lipinski definition) is 0. The van der Waals surface area contributed by atoms with Crippen LogP contribution in [0.1, 0.15) is 49.7 Å². The molecule has 0 amide bonds. The average molecular weight is 295 g/mol. The van der Waals surface area contributed by atoms with Gasteiger partial charge in [0.25, 0.3) is 0 Å². The van der Waals surface area contributed by atoms with Crippen molar-refractivity contribution in [2.45, 2.75) is 44.9 Å². The van der Waals surface area contributed by atoms with E-state index in [0.29, 0.717) is 6.61 Å². The molecule has 0 spiro atoms. The van der Waals surface area contributed by atoms with Gasteiger partial charge in [0.2, 0.25) is 0 Å². The maximum absolute atomic E-state index is 10.3. The summed E-state index contributed by atoms with van der Waals surface area (Å²) in [7, 11) is 0. The minimum absolute atomic E-state index is 0.442. The van der Waals surface area contributed by atoms with Crippen LogP contribution >= 0.6 is 11.6 Å². The maximum atomic E-state index is 10.3. The SMILES string of the molecule is C=Cc1ccc(CCCCCCCCOC(=O)Cl)cc1. The summed E-state index contributed by atoms with van der Waals surface area (Å²) in [5.74, 6) is 0. The van der Waals surface area contributed by atoms with E-state index in [0.717, 1.165) is 19.3 Å². The van der Waals surface area contributed by atoms with E-state index in [4.69, 9.17) is 11.6 Å². The summed E-state index contributed by atoms with van der Waals surface area (Å²) in [4.78, 5) is 10.3.